The molecule has 35 heavy (non-hydrogen) atoms. The number of nitrogens with one attached hydrogen (secondary N) is 1. The number of amides is 1. The number of rotatable bonds is 6. The standard InChI is InChI=1S/C23H16Cl2F6N2O2/c24-18-7-2-13(10-19(18)25)16-11-21(23(29,30)31,33-20(34)17(16)12-32)14-3-5-15(6-4-14)35-9-1-8-22(26,27)28/h2-7,10H,1,8-9,11H2,(H,33,34). The third-order valence-corrected chi connectivity index (χ3v) is 6.12. The molecule has 2 aromatic rings. The summed E-state index contributed by atoms with van der Waals surface area (Å²) in [5.41, 5.74) is -3.77. The number of hydrogen-bond donors (Lipinski definition) is 1. The van der Waals surface area contributed by atoms with Gasteiger partial charge in [-0.3, -0.25) is 4.79 Å². The van der Waals surface area contributed by atoms with Crippen LogP contribution < -0.4 is 10.1 Å². The van der Waals surface area contributed by atoms with Gasteiger partial charge in [-0.25, -0.2) is 0 Å². The molecule has 1 aliphatic heterocycles. The second-order valence-corrected chi connectivity index (χ2v) is 8.53. The van der Waals surface area contributed by atoms with Crippen molar-refractivity contribution in [3.05, 3.63) is 69.2 Å². The van der Waals surface area contributed by atoms with Gasteiger partial charge in [-0.15, -0.1) is 0 Å². The van der Waals surface area contributed by atoms with E-state index in [1.165, 1.54) is 30.3 Å². The third-order valence-electron chi connectivity index (χ3n) is 5.38. The molecule has 12 heteroatoms. The van der Waals surface area contributed by atoms with Gasteiger partial charge in [0.25, 0.3) is 5.91 Å². The van der Waals surface area contributed by atoms with E-state index in [9.17, 15) is 36.4 Å². The summed E-state index contributed by atoms with van der Waals surface area (Å²) in [6, 6.07) is 10.1. The number of alkyl halides is 6. The lowest BCUT2D eigenvalue weighted by atomic mass is 9.76. The van der Waals surface area contributed by atoms with Crippen molar-refractivity contribution in [3.8, 4) is 11.8 Å². The second-order valence-electron chi connectivity index (χ2n) is 7.72. The first-order valence-electron chi connectivity index (χ1n) is 10.1. The van der Waals surface area contributed by atoms with Crippen LogP contribution in [0.4, 0.5) is 26.3 Å². The van der Waals surface area contributed by atoms with Gasteiger partial charge in [0.1, 0.15) is 17.4 Å². The first kappa shape index (κ1) is 26.7. The molecule has 4 nitrogen and oxygen atoms in total. The SMILES string of the molecule is N#CC1=C(c2ccc(Cl)c(Cl)c2)CC(c2ccc(OCCCC(F)(F)F)cc2)(C(F)(F)F)NC1=O. The molecule has 186 valence electrons. The van der Waals surface area contributed by atoms with Gasteiger partial charge >= 0.3 is 12.4 Å². The van der Waals surface area contributed by atoms with Crippen LogP contribution in [0.25, 0.3) is 5.57 Å². The molecule has 1 heterocycles. The van der Waals surface area contributed by atoms with Crippen LogP contribution in [0.5, 0.6) is 5.75 Å². The summed E-state index contributed by atoms with van der Waals surface area (Å²) in [4.78, 5) is 12.7. The Morgan fingerprint density at radius 2 is 1.69 bits per heavy atom. The maximum atomic E-state index is 14.5. The molecule has 0 aromatic heterocycles. The van der Waals surface area contributed by atoms with Crippen LogP contribution in [0.1, 0.15) is 30.4 Å². The van der Waals surface area contributed by atoms with Gasteiger partial charge in [-0.05, 0) is 47.4 Å². The van der Waals surface area contributed by atoms with Crippen molar-refractivity contribution in [1.29, 1.82) is 5.26 Å². The molecule has 0 aliphatic carbocycles. The van der Waals surface area contributed by atoms with Gasteiger partial charge in [0.2, 0.25) is 0 Å². The third kappa shape index (κ3) is 5.85. The fourth-order valence-electron chi connectivity index (χ4n) is 3.65. The van der Waals surface area contributed by atoms with Crippen molar-refractivity contribution in [3.63, 3.8) is 0 Å². The second kappa shape index (κ2) is 9.99. The lowest BCUT2D eigenvalue weighted by molar-refractivity contribution is -0.201. The average Bonchev–Trinajstić information content (AvgIpc) is 2.77. The Morgan fingerprint density at radius 3 is 2.23 bits per heavy atom. The van der Waals surface area contributed by atoms with E-state index >= 15 is 0 Å². The average molecular weight is 537 g/mol. The van der Waals surface area contributed by atoms with Crippen LogP contribution >= 0.6 is 23.2 Å². The van der Waals surface area contributed by atoms with Crippen LogP contribution in [0, 0.1) is 11.3 Å². The highest BCUT2D eigenvalue weighted by Gasteiger charge is 2.59. The van der Waals surface area contributed by atoms with E-state index in [0.717, 1.165) is 12.1 Å². The van der Waals surface area contributed by atoms with Gasteiger partial charge in [-0.1, -0.05) is 41.4 Å². The predicted octanol–water partition coefficient (Wildman–Crippen LogP) is 6.97. The molecule has 2 aromatic carbocycles. The van der Waals surface area contributed by atoms with Crippen molar-refractivity contribution in [2.75, 3.05) is 6.61 Å². The van der Waals surface area contributed by atoms with Gasteiger partial charge in [-0.2, -0.15) is 31.6 Å². The molecule has 3 rings (SSSR count). The van der Waals surface area contributed by atoms with Crippen LogP contribution in [0.3, 0.4) is 0 Å². The molecule has 0 radical (unpaired) electrons. The highest BCUT2D eigenvalue weighted by molar-refractivity contribution is 6.42. The Labute approximate surface area is 206 Å². The minimum Gasteiger partial charge on any atom is -0.494 e. The van der Waals surface area contributed by atoms with E-state index in [0.29, 0.717) is 0 Å². The number of ether oxygens (including phenoxy) is 1. The molecule has 0 fully saturated rings. The highest BCUT2D eigenvalue weighted by atomic mass is 35.5. The molecule has 1 atom stereocenters. The molecule has 1 amide bonds. The summed E-state index contributed by atoms with van der Waals surface area (Å²) in [7, 11) is 0. The van der Waals surface area contributed by atoms with E-state index in [1.54, 1.807) is 6.07 Å². The molecule has 0 spiro atoms. The molecule has 0 bridgehead atoms. The summed E-state index contributed by atoms with van der Waals surface area (Å²) in [6.45, 7) is -0.282. The minimum absolute atomic E-state index is 0.0320. The topological polar surface area (TPSA) is 62.1 Å². The van der Waals surface area contributed by atoms with Gasteiger partial charge in [0, 0.05) is 12.8 Å². The molecule has 1 N–H and O–H groups in total. The number of carbonyl (C=O) groups is 1. The number of halogens is 8. The lowest BCUT2D eigenvalue weighted by Crippen LogP contribution is -2.58. The maximum Gasteiger partial charge on any atom is 0.416 e. The van der Waals surface area contributed by atoms with E-state index in [2.05, 4.69) is 0 Å². The van der Waals surface area contributed by atoms with E-state index in [-0.39, 0.29) is 45.5 Å². The van der Waals surface area contributed by atoms with E-state index in [1.807, 2.05) is 5.32 Å². The minimum atomic E-state index is -4.99. The zero-order valence-corrected chi connectivity index (χ0v) is 19.2. The quantitative estimate of drug-likeness (QED) is 0.320. The Balaban J connectivity index is 1.96. The molecular weight excluding hydrogens is 521 g/mol. The molecule has 1 aliphatic rings. The Kier molecular flexibility index (Phi) is 7.62. The maximum absolute atomic E-state index is 14.5. The molecule has 0 saturated heterocycles. The number of benzene rings is 2. The van der Waals surface area contributed by atoms with Crippen molar-refractivity contribution in [1.82, 2.24) is 5.32 Å². The number of nitriles is 1. The predicted molar refractivity (Wildman–Crippen MR) is 117 cm³/mol. The van der Waals surface area contributed by atoms with Gasteiger partial charge in [0.05, 0.1) is 16.7 Å². The summed E-state index contributed by atoms with van der Waals surface area (Å²) in [6.07, 6.45) is -11.5. The van der Waals surface area contributed by atoms with Crippen LogP contribution in [0.2, 0.25) is 10.0 Å². The largest absolute Gasteiger partial charge is 0.494 e. The zero-order chi connectivity index (χ0) is 26.0. The lowest BCUT2D eigenvalue weighted by Gasteiger charge is -2.40. The Hall–Kier alpha value is -2.90. The number of nitrogens with zero attached hydrogens (tertiary/aromatic N) is 1. The fourth-order valence-corrected chi connectivity index (χ4v) is 3.94. The van der Waals surface area contributed by atoms with Crippen molar-refractivity contribution < 1.29 is 35.9 Å². The smallest absolute Gasteiger partial charge is 0.416 e. The van der Waals surface area contributed by atoms with Crippen molar-refractivity contribution in [2.45, 2.75) is 37.2 Å². The molecule has 1 unspecified atom stereocenters. The molecule has 0 saturated carbocycles. The first-order chi connectivity index (χ1) is 16.3. The van der Waals surface area contributed by atoms with Crippen LogP contribution in [-0.4, -0.2) is 24.9 Å². The Bertz CT molecular complexity index is 1190. The van der Waals surface area contributed by atoms with E-state index < -0.39 is 42.2 Å². The summed E-state index contributed by atoms with van der Waals surface area (Å²) in [5.74, 6) is -1.15. The fraction of sp³-hybridized carbons (Fsp3) is 0.304. The summed E-state index contributed by atoms with van der Waals surface area (Å²) < 4.78 is 85.3. The summed E-state index contributed by atoms with van der Waals surface area (Å²) in [5, 5.41) is 11.6. The highest BCUT2D eigenvalue weighted by Crippen LogP contribution is 2.48. The first-order valence-corrected chi connectivity index (χ1v) is 10.8. The number of hydrogen-bond acceptors (Lipinski definition) is 3. The van der Waals surface area contributed by atoms with Crippen molar-refractivity contribution in [2.24, 2.45) is 0 Å². The molecular formula is C23H16Cl2F6N2O2. The van der Waals surface area contributed by atoms with Crippen LogP contribution in [-0.2, 0) is 10.3 Å². The normalized spacial score (nSPS) is 18.8. The Morgan fingerprint density at radius 1 is 1.03 bits per heavy atom. The van der Waals surface area contributed by atoms with Gasteiger partial charge in [0.15, 0.2) is 5.54 Å². The monoisotopic (exact) mass is 536 g/mol. The zero-order valence-electron chi connectivity index (χ0n) is 17.7. The summed E-state index contributed by atoms with van der Waals surface area (Å²) >= 11 is 11.9. The van der Waals surface area contributed by atoms with Crippen LogP contribution in [0.15, 0.2) is 48.0 Å². The van der Waals surface area contributed by atoms with Gasteiger partial charge < -0.3 is 10.1 Å². The van der Waals surface area contributed by atoms with E-state index in [4.69, 9.17) is 27.9 Å². The van der Waals surface area contributed by atoms with Crippen molar-refractivity contribution >= 4 is 34.7 Å². The number of carbonyl (C=O) groups excluding carboxylic acids is 1.